The third-order valence-electron chi connectivity index (χ3n) is 2.86. The van der Waals surface area contributed by atoms with Crippen LogP contribution in [0.25, 0.3) is 0 Å². The van der Waals surface area contributed by atoms with Crippen molar-refractivity contribution >= 4 is 11.6 Å². The molecular weight excluding hydrogens is 224 g/mol. The quantitative estimate of drug-likeness (QED) is 0.831. The van der Waals surface area contributed by atoms with Crippen LogP contribution in [0.2, 0.25) is 5.02 Å². The molecule has 2 rings (SSSR count). The van der Waals surface area contributed by atoms with E-state index in [1.165, 1.54) is 5.56 Å². The van der Waals surface area contributed by atoms with Crippen molar-refractivity contribution in [2.45, 2.75) is 12.6 Å². The van der Waals surface area contributed by atoms with Gasteiger partial charge in [0.15, 0.2) is 0 Å². The Morgan fingerprint density at radius 1 is 1.50 bits per heavy atom. The summed E-state index contributed by atoms with van der Waals surface area (Å²) < 4.78 is 0. The van der Waals surface area contributed by atoms with Crippen LogP contribution in [0.3, 0.4) is 0 Å². The molecule has 1 aromatic carbocycles. The standard InChI is InChI=1S/C12H17ClN2O/c13-11-3-1-2-10(6-11)7-15-5-4-14-12(8-15)9-16/h1-3,6,12,14,16H,4-5,7-9H2/t12-/m1/s1. The first-order valence-corrected chi connectivity index (χ1v) is 5.97. The van der Waals surface area contributed by atoms with E-state index in [0.717, 1.165) is 31.2 Å². The van der Waals surface area contributed by atoms with Gasteiger partial charge in [-0.2, -0.15) is 0 Å². The van der Waals surface area contributed by atoms with Crippen molar-refractivity contribution in [3.8, 4) is 0 Å². The molecule has 16 heavy (non-hydrogen) atoms. The first-order chi connectivity index (χ1) is 7.78. The minimum Gasteiger partial charge on any atom is -0.395 e. The summed E-state index contributed by atoms with van der Waals surface area (Å²) in [5, 5.41) is 13.2. The fourth-order valence-electron chi connectivity index (χ4n) is 2.05. The van der Waals surface area contributed by atoms with Crippen LogP contribution in [0, 0.1) is 0 Å². The second kappa shape index (κ2) is 5.64. The van der Waals surface area contributed by atoms with Crippen LogP contribution in [0.1, 0.15) is 5.56 Å². The van der Waals surface area contributed by atoms with Crippen molar-refractivity contribution in [1.29, 1.82) is 0 Å². The summed E-state index contributed by atoms with van der Waals surface area (Å²) in [5.74, 6) is 0. The summed E-state index contributed by atoms with van der Waals surface area (Å²) in [5.41, 5.74) is 1.23. The summed E-state index contributed by atoms with van der Waals surface area (Å²) in [4.78, 5) is 2.34. The lowest BCUT2D eigenvalue weighted by Gasteiger charge is -2.32. The Bertz CT molecular complexity index is 346. The number of aliphatic hydroxyl groups is 1. The van der Waals surface area contributed by atoms with Crippen molar-refractivity contribution < 1.29 is 5.11 Å². The van der Waals surface area contributed by atoms with Gasteiger partial charge in [-0.15, -0.1) is 0 Å². The highest BCUT2D eigenvalue weighted by Gasteiger charge is 2.18. The maximum atomic E-state index is 9.11. The van der Waals surface area contributed by atoms with Crippen LogP contribution < -0.4 is 5.32 Å². The molecule has 0 spiro atoms. The minimum atomic E-state index is 0.200. The number of benzene rings is 1. The van der Waals surface area contributed by atoms with E-state index in [1.807, 2.05) is 18.2 Å². The Hall–Kier alpha value is -0.610. The monoisotopic (exact) mass is 240 g/mol. The van der Waals surface area contributed by atoms with Gasteiger partial charge in [0.05, 0.1) is 6.61 Å². The van der Waals surface area contributed by atoms with Crippen LogP contribution in [0.4, 0.5) is 0 Å². The van der Waals surface area contributed by atoms with E-state index >= 15 is 0 Å². The molecule has 0 aliphatic carbocycles. The third-order valence-corrected chi connectivity index (χ3v) is 3.09. The van der Waals surface area contributed by atoms with Crippen molar-refractivity contribution in [3.63, 3.8) is 0 Å². The summed E-state index contributed by atoms with van der Waals surface area (Å²) >= 11 is 5.95. The predicted octanol–water partition coefficient (Wildman–Crippen LogP) is 1.11. The van der Waals surface area contributed by atoms with E-state index in [1.54, 1.807) is 0 Å². The third kappa shape index (κ3) is 3.19. The lowest BCUT2D eigenvalue weighted by Crippen LogP contribution is -2.51. The number of hydrogen-bond acceptors (Lipinski definition) is 3. The number of hydrogen-bond donors (Lipinski definition) is 2. The molecule has 0 unspecified atom stereocenters. The van der Waals surface area contributed by atoms with Gasteiger partial charge in [0, 0.05) is 37.2 Å². The molecule has 1 aromatic rings. The second-order valence-corrected chi connectivity index (χ2v) is 4.64. The van der Waals surface area contributed by atoms with E-state index in [0.29, 0.717) is 0 Å². The molecule has 0 bridgehead atoms. The van der Waals surface area contributed by atoms with E-state index in [2.05, 4.69) is 16.3 Å². The lowest BCUT2D eigenvalue weighted by atomic mass is 10.1. The van der Waals surface area contributed by atoms with Gasteiger partial charge in [-0.05, 0) is 17.7 Å². The van der Waals surface area contributed by atoms with Gasteiger partial charge < -0.3 is 10.4 Å². The fourth-order valence-corrected chi connectivity index (χ4v) is 2.27. The van der Waals surface area contributed by atoms with Gasteiger partial charge in [-0.3, -0.25) is 4.90 Å². The molecule has 0 radical (unpaired) electrons. The largest absolute Gasteiger partial charge is 0.395 e. The highest BCUT2D eigenvalue weighted by Crippen LogP contribution is 2.13. The van der Waals surface area contributed by atoms with Crippen LogP contribution >= 0.6 is 11.6 Å². The average Bonchev–Trinajstić information content (AvgIpc) is 2.29. The van der Waals surface area contributed by atoms with Crippen LogP contribution in [-0.4, -0.2) is 42.3 Å². The average molecular weight is 241 g/mol. The molecule has 0 saturated carbocycles. The number of aliphatic hydroxyl groups excluding tert-OH is 1. The number of piperazine rings is 1. The molecule has 0 amide bonds. The zero-order chi connectivity index (χ0) is 11.4. The molecule has 4 heteroatoms. The molecule has 2 N–H and O–H groups in total. The maximum absolute atomic E-state index is 9.11. The first-order valence-electron chi connectivity index (χ1n) is 5.59. The number of rotatable bonds is 3. The van der Waals surface area contributed by atoms with Crippen molar-refractivity contribution in [3.05, 3.63) is 34.9 Å². The smallest absolute Gasteiger partial charge is 0.0597 e. The van der Waals surface area contributed by atoms with Gasteiger partial charge >= 0.3 is 0 Å². The Morgan fingerprint density at radius 2 is 2.38 bits per heavy atom. The van der Waals surface area contributed by atoms with Crippen molar-refractivity contribution in [1.82, 2.24) is 10.2 Å². The first kappa shape index (κ1) is 11.9. The molecule has 0 aromatic heterocycles. The summed E-state index contributed by atoms with van der Waals surface area (Å²) in [6.45, 7) is 3.95. The van der Waals surface area contributed by atoms with E-state index in [4.69, 9.17) is 16.7 Å². The highest BCUT2D eigenvalue weighted by molar-refractivity contribution is 6.30. The molecule has 1 fully saturated rings. The Kier molecular flexibility index (Phi) is 4.18. The van der Waals surface area contributed by atoms with Crippen LogP contribution in [0.15, 0.2) is 24.3 Å². The number of nitrogens with zero attached hydrogens (tertiary/aromatic N) is 1. The van der Waals surface area contributed by atoms with Gasteiger partial charge in [-0.25, -0.2) is 0 Å². The van der Waals surface area contributed by atoms with Crippen LogP contribution in [-0.2, 0) is 6.54 Å². The summed E-state index contributed by atoms with van der Waals surface area (Å²) in [6, 6.07) is 8.15. The summed E-state index contributed by atoms with van der Waals surface area (Å²) in [6.07, 6.45) is 0. The fraction of sp³-hybridized carbons (Fsp3) is 0.500. The molecule has 88 valence electrons. The van der Waals surface area contributed by atoms with Crippen molar-refractivity contribution in [2.75, 3.05) is 26.2 Å². The normalized spacial score (nSPS) is 22.2. The van der Waals surface area contributed by atoms with Gasteiger partial charge in [0.1, 0.15) is 0 Å². The molecular formula is C12H17ClN2O. The summed E-state index contributed by atoms with van der Waals surface area (Å²) in [7, 11) is 0. The molecule has 1 heterocycles. The van der Waals surface area contributed by atoms with Gasteiger partial charge in [0.2, 0.25) is 0 Å². The highest BCUT2D eigenvalue weighted by atomic mass is 35.5. The predicted molar refractivity (Wildman–Crippen MR) is 65.6 cm³/mol. The minimum absolute atomic E-state index is 0.200. The van der Waals surface area contributed by atoms with E-state index in [9.17, 15) is 0 Å². The Morgan fingerprint density at radius 3 is 3.12 bits per heavy atom. The Balaban J connectivity index is 1.94. The van der Waals surface area contributed by atoms with E-state index in [-0.39, 0.29) is 12.6 Å². The maximum Gasteiger partial charge on any atom is 0.0597 e. The molecule has 1 atom stereocenters. The number of halogens is 1. The molecule has 1 aliphatic heterocycles. The van der Waals surface area contributed by atoms with Crippen molar-refractivity contribution in [2.24, 2.45) is 0 Å². The molecule has 3 nitrogen and oxygen atoms in total. The van der Waals surface area contributed by atoms with Gasteiger partial charge in [-0.1, -0.05) is 23.7 Å². The lowest BCUT2D eigenvalue weighted by molar-refractivity contribution is 0.143. The SMILES string of the molecule is OC[C@H]1CN(Cc2cccc(Cl)c2)CCN1. The number of nitrogens with one attached hydrogen (secondary N) is 1. The van der Waals surface area contributed by atoms with E-state index < -0.39 is 0 Å². The second-order valence-electron chi connectivity index (χ2n) is 4.20. The zero-order valence-electron chi connectivity index (χ0n) is 9.19. The van der Waals surface area contributed by atoms with Crippen LogP contribution in [0.5, 0.6) is 0 Å². The molecule has 1 aliphatic rings. The Labute approximate surface area is 101 Å². The topological polar surface area (TPSA) is 35.5 Å². The zero-order valence-corrected chi connectivity index (χ0v) is 9.95. The van der Waals surface area contributed by atoms with Gasteiger partial charge in [0.25, 0.3) is 0 Å². The molecule has 1 saturated heterocycles.